The number of carbonyl (C=O) groups is 4. The number of nitrogens with zero attached hydrogens (tertiary/aromatic N) is 1. The summed E-state index contributed by atoms with van der Waals surface area (Å²) >= 11 is 0.867. The van der Waals surface area contributed by atoms with Crippen LogP contribution in [0.3, 0.4) is 0 Å². The number of imide groups is 1. The number of amides is 3. The fraction of sp³-hybridized carbons (Fsp3) is 0.163. The van der Waals surface area contributed by atoms with Gasteiger partial charge < -0.3 is 14.4 Å². The van der Waals surface area contributed by atoms with Gasteiger partial charge in [0.25, 0.3) is 17.1 Å². The lowest BCUT2D eigenvalue weighted by Gasteiger charge is -2.25. The number of thioether (sulfide) groups is 1. The highest BCUT2D eigenvalue weighted by Gasteiger charge is 2.37. The van der Waals surface area contributed by atoms with E-state index in [2.05, 4.69) is 23.5 Å². The summed E-state index contributed by atoms with van der Waals surface area (Å²) in [5, 5.41) is 1.86. The fourth-order valence-corrected chi connectivity index (χ4v) is 7.21. The van der Waals surface area contributed by atoms with E-state index >= 15 is 0 Å². The molecule has 0 spiro atoms. The van der Waals surface area contributed by atoms with E-state index in [1.165, 1.54) is 24.3 Å². The molecule has 266 valence electrons. The lowest BCUT2D eigenvalue weighted by atomic mass is 9.97. The number of halogens is 1. The van der Waals surface area contributed by atoms with Crippen LogP contribution >= 0.6 is 11.8 Å². The van der Waals surface area contributed by atoms with Gasteiger partial charge in [-0.15, -0.1) is 0 Å². The largest absolute Gasteiger partial charge is 0.375 e. The van der Waals surface area contributed by atoms with Crippen molar-refractivity contribution in [1.82, 2.24) is 10.2 Å². The van der Waals surface area contributed by atoms with E-state index in [1.54, 1.807) is 35.2 Å². The standard InChI is InChI=1S/C43H35FN2O6S/c44-33-20-18-31(19-21-33)40(47)37-12-6-7-13-38(37)42(49)46-24-35(52-26-32-10-4-5-11-36(32)30-8-2-1-3-9-30)23-34(46)27-51-25-29-16-14-28(15-17-29)22-39-41(48)45-43(50)53-39/h1-22,34-35H,23-27H2,(H,45,48,50)/t34-,35+/m0/s1. The first kappa shape index (κ1) is 35.7. The maximum Gasteiger partial charge on any atom is 0.290 e. The Balaban J connectivity index is 1.07. The molecule has 0 aliphatic carbocycles. The van der Waals surface area contributed by atoms with Crippen molar-refractivity contribution in [2.45, 2.75) is 31.8 Å². The summed E-state index contributed by atoms with van der Waals surface area (Å²) in [6, 6.07) is 37.3. The molecule has 5 aromatic rings. The summed E-state index contributed by atoms with van der Waals surface area (Å²) in [4.78, 5) is 53.4. The van der Waals surface area contributed by atoms with Crippen molar-refractivity contribution in [3.8, 4) is 11.1 Å². The quantitative estimate of drug-likeness (QED) is 0.103. The number of hydrogen-bond acceptors (Lipinski definition) is 7. The highest BCUT2D eigenvalue weighted by Crippen LogP contribution is 2.30. The van der Waals surface area contributed by atoms with Crippen molar-refractivity contribution < 1.29 is 33.0 Å². The van der Waals surface area contributed by atoms with Crippen LogP contribution in [-0.2, 0) is 27.5 Å². The lowest BCUT2D eigenvalue weighted by Crippen LogP contribution is -2.39. The second-order valence-electron chi connectivity index (χ2n) is 12.8. The Kier molecular flexibility index (Phi) is 11.0. The SMILES string of the molecule is O=C1NC(=O)C(=Cc2ccc(COC[C@@H]3C[C@@H](OCc4ccccc4-c4ccccc4)CN3C(=O)c3ccccc3C(=O)c3ccc(F)cc3)cc2)S1. The normalized spacial score (nSPS) is 17.7. The van der Waals surface area contributed by atoms with Crippen LogP contribution in [0.15, 0.2) is 132 Å². The van der Waals surface area contributed by atoms with Crippen LogP contribution in [0.5, 0.6) is 0 Å². The Labute approximate surface area is 310 Å². The van der Waals surface area contributed by atoms with Crippen molar-refractivity contribution in [1.29, 1.82) is 0 Å². The van der Waals surface area contributed by atoms with Crippen molar-refractivity contribution in [3.63, 3.8) is 0 Å². The summed E-state index contributed by atoms with van der Waals surface area (Å²) in [7, 11) is 0. The Bertz CT molecular complexity index is 2170. The maximum absolute atomic E-state index is 14.3. The zero-order valence-corrected chi connectivity index (χ0v) is 29.4. The third-order valence-corrected chi connectivity index (χ3v) is 10.0. The highest BCUT2D eigenvalue weighted by molar-refractivity contribution is 8.18. The van der Waals surface area contributed by atoms with E-state index in [-0.39, 0.29) is 53.7 Å². The zero-order chi connectivity index (χ0) is 36.7. The van der Waals surface area contributed by atoms with Gasteiger partial charge in [0.15, 0.2) is 5.78 Å². The summed E-state index contributed by atoms with van der Waals surface area (Å²) in [6.45, 7) is 1.16. The van der Waals surface area contributed by atoms with Crippen LogP contribution in [0.2, 0.25) is 0 Å². The molecule has 53 heavy (non-hydrogen) atoms. The molecule has 2 aliphatic rings. The Morgan fingerprint density at radius 2 is 1.51 bits per heavy atom. The molecule has 0 saturated carbocycles. The van der Waals surface area contributed by atoms with Crippen LogP contribution < -0.4 is 5.32 Å². The van der Waals surface area contributed by atoms with Crippen LogP contribution in [-0.4, -0.2) is 53.0 Å². The molecule has 2 atom stereocenters. The van der Waals surface area contributed by atoms with Crippen molar-refractivity contribution in [2.24, 2.45) is 0 Å². The van der Waals surface area contributed by atoms with E-state index in [0.717, 1.165) is 39.6 Å². The predicted octanol–water partition coefficient (Wildman–Crippen LogP) is 8.06. The average Bonchev–Trinajstić information content (AvgIpc) is 3.75. The molecular weight excluding hydrogens is 692 g/mol. The van der Waals surface area contributed by atoms with Gasteiger partial charge in [0.05, 0.1) is 42.4 Å². The molecule has 0 unspecified atom stereocenters. The van der Waals surface area contributed by atoms with Crippen LogP contribution in [0.1, 0.15) is 49.4 Å². The smallest absolute Gasteiger partial charge is 0.290 e. The maximum atomic E-state index is 14.3. The van der Waals surface area contributed by atoms with Gasteiger partial charge in [0.2, 0.25) is 0 Å². The van der Waals surface area contributed by atoms with Crippen molar-refractivity contribution in [3.05, 3.63) is 171 Å². The third kappa shape index (κ3) is 8.52. The van der Waals surface area contributed by atoms with Gasteiger partial charge >= 0.3 is 0 Å². The monoisotopic (exact) mass is 726 g/mol. The highest BCUT2D eigenvalue weighted by atomic mass is 32.2. The number of nitrogens with one attached hydrogen (secondary N) is 1. The number of likely N-dealkylation sites (tertiary alicyclic amines) is 1. The first-order chi connectivity index (χ1) is 25.8. The molecule has 2 fully saturated rings. The van der Waals surface area contributed by atoms with Gasteiger partial charge in [0.1, 0.15) is 5.82 Å². The van der Waals surface area contributed by atoms with Crippen LogP contribution in [0.4, 0.5) is 9.18 Å². The van der Waals surface area contributed by atoms with Gasteiger partial charge in [-0.25, -0.2) is 4.39 Å². The lowest BCUT2D eigenvalue weighted by molar-refractivity contribution is -0.115. The molecule has 0 radical (unpaired) electrons. The van der Waals surface area contributed by atoms with E-state index in [0.29, 0.717) is 24.5 Å². The molecule has 8 nitrogen and oxygen atoms in total. The number of ether oxygens (including phenoxy) is 2. The molecule has 3 amide bonds. The van der Waals surface area contributed by atoms with Crippen LogP contribution in [0, 0.1) is 5.82 Å². The Morgan fingerprint density at radius 3 is 2.25 bits per heavy atom. The van der Waals surface area contributed by atoms with Gasteiger partial charge in [0, 0.05) is 17.7 Å². The van der Waals surface area contributed by atoms with Gasteiger partial charge in [-0.2, -0.15) is 0 Å². The topological polar surface area (TPSA) is 102 Å². The molecule has 5 aromatic carbocycles. The van der Waals surface area contributed by atoms with Gasteiger partial charge in [-0.05, 0) is 82.4 Å². The van der Waals surface area contributed by atoms with Crippen molar-refractivity contribution in [2.75, 3.05) is 13.2 Å². The molecule has 0 aromatic heterocycles. The van der Waals surface area contributed by atoms with Gasteiger partial charge in [-0.1, -0.05) is 97.1 Å². The molecule has 0 bridgehead atoms. The second-order valence-corrected chi connectivity index (χ2v) is 13.8. The minimum atomic E-state index is -0.452. The minimum absolute atomic E-state index is 0.227. The number of carbonyl (C=O) groups excluding carboxylic acids is 4. The minimum Gasteiger partial charge on any atom is -0.375 e. The molecular formula is C43H35FN2O6S. The number of benzene rings is 5. The van der Waals surface area contributed by atoms with E-state index < -0.39 is 17.0 Å². The summed E-state index contributed by atoms with van der Waals surface area (Å²) in [5.74, 6) is -1.55. The molecule has 7 rings (SSSR count). The predicted molar refractivity (Wildman–Crippen MR) is 201 cm³/mol. The average molecular weight is 727 g/mol. The Morgan fingerprint density at radius 1 is 0.811 bits per heavy atom. The summed E-state index contributed by atoms with van der Waals surface area (Å²) < 4.78 is 26.3. The summed E-state index contributed by atoms with van der Waals surface area (Å²) in [6.07, 6.45) is 1.90. The van der Waals surface area contributed by atoms with E-state index in [4.69, 9.17) is 9.47 Å². The fourth-order valence-electron chi connectivity index (χ4n) is 6.53. The second kappa shape index (κ2) is 16.3. The number of ketones is 1. The number of rotatable bonds is 12. The molecule has 10 heteroatoms. The first-order valence-corrected chi connectivity index (χ1v) is 18.0. The van der Waals surface area contributed by atoms with Crippen molar-refractivity contribution >= 4 is 40.7 Å². The van der Waals surface area contributed by atoms with E-state index in [9.17, 15) is 23.6 Å². The third-order valence-electron chi connectivity index (χ3n) is 9.22. The van der Waals surface area contributed by atoms with Gasteiger partial charge in [-0.3, -0.25) is 24.5 Å². The molecule has 1 N–H and O–H groups in total. The number of hydrogen-bond donors (Lipinski definition) is 1. The zero-order valence-electron chi connectivity index (χ0n) is 28.6. The summed E-state index contributed by atoms with van der Waals surface area (Å²) in [5.41, 5.74) is 5.63. The molecule has 2 saturated heterocycles. The molecule has 2 heterocycles. The Hall–Kier alpha value is -5.68. The van der Waals surface area contributed by atoms with Crippen LogP contribution in [0.25, 0.3) is 17.2 Å². The molecule has 2 aliphatic heterocycles. The first-order valence-electron chi connectivity index (χ1n) is 17.2. The van der Waals surface area contributed by atoms with E-state index in [1.807, 2.05) is 60.7 Å².